The van der Waals surface area contributed by atoms with Crippen LogP contribution in [0.4, 0.5) is 4.39 Å². The number of halogens is 1. The summed E-state index contributed by atoms with van der Waals surface area (Å²) in [5.41, 5.74) is 1.95. The summed E-state index contributed by atoms with van der Waals surface area (Å²) < 4.78 is 22.6. The Morgan fingerprint density at radius 1 is 1.34 bits per heavy atom. The number of nitrogens with one attached hydrogen (secondary N) is 1. The lowest BCUT2D eigenvalue weighted by molar-refractivity contribution is -0.138. The van der Waals surface area contributed by atoms with Crippen LogP contribution in [0, 0.1) is 13.8 Å². The van der Waals surface area contributed by atoms with Crippen molar-refractivity contribution >= 4 is 18.7 Å². The molecule has 1 aromatic carbocycles. The van der Waals surface area contributed by atoms with Crippen molar-refractivity contribution in [3.05, 3.63) is 47.2 Å². The maximum Gasteiger partial charge on any atom is 0.263 e. The van der Waals surface area contributed by atoms with Crippen molar-refractivity contribution in [2.45, 2.75) is 38.4 Å². The van der Waals surface area contributed by atoms with Gasteiger partial charge < -0.3 is 14.6 Å². The van der Waals surface area contributed by atoms with Crippen LogP contribution >= 0.6 is 0 Å². The minimum atomic E-state index is -1.91. The van der Waals surface area contributed by atoms with Gasteiger partial charge in [-0.2, -0.15) is 0 Å². The molecule has 2 fully saturated rings. The molecule has 0 saturated carbocycles. The second-order valence-corrected chi connectivity index (χ2v) is 8.66. The van der Waals surface area contributed by atoms with Crippen LogP contribution in [0.3, 0.4) is 0 Å². The fourth-order valence-corrected chi connectivity index (χ4v) is 4.13. The third kappa shape index (κ3) is 4.38. The van der Waals surface area contributed by atoms with Gasteiger partial charge in [-0.15, -0.1) is 0 Å². The number of piperidine rings is 1. The smallest absolute Gasteiger partial charge is 0.263 e. The SMILES string of the molecule is C=N/C(=C\c1cc(-c2cnc(C)n2C)ccc1C)NC(=O)C1(F)CCN(C2COC2)CC1. The van der Waals surface area contributed by atoms with E-state index in [1.54, 1.807) is 6.08 Å². The van der Waals surface area contributed by atoms with Crippen LogP contribution in [0.1, 0.15) is 29.8 Å². The number of carbonyl (C=O) groups excluding carboxylic acids is 1. The first-order chi connectivity index (χ1) is 15.3. The zero-order valence-electron chi connectivity index (χ0n) is 18.9. The van der Waals surface area contributed by atoms with Gasteiger partial charge in [-0.3, -0.25) is 9.69 Å². The third-order valence-electron chi connectivity index (χ3n) is 6.63. The molecule has 0 unspecified atom stereocenters. The average Bonchev–Trinajstić information content (AvgIpc) is 3.08. The second kappa shape index (κ2) is 8.96. The lowest BCUT2D eigenvalue weighted by atomic mass is 9.91. The van der Waals surface area contributed by atoms with Gasteiger partial charge in [-0.25, -0.2) is 14.4 Å². The van der Waals surface area contributed by atoms with E-state index in [4.69, 9.17) is 4.74 Å². The monoisotopic (exact) mass is 439 g/mol. The Balaban J connectivity index is 1.49. The van der Waals surface area contributed by atoms with Gasteiger partial charge in [0.1, 0.15) is 11.6 Å². The Morgan fingerprint density at radius 2 is 2.06 bits per heavy atom. The highest BCUT2D eigenvalue weighted by atomic mass is 19.1. The average molecular weight is 440 g/mol. The Kier molecular flexibility index (Phi) is 6.26. The maximum absolute atomic E-state index is 15.4. The highest BCUT2D eigenvalue weighted by Crippen LogP contribution is 2.30. The Bertz CT molecular complexity index is 1050. The number of carbonyl (C=O) groups is 1. The zero-order valence-corrected chi connectivity index (χ0v) is 18.9. The predicted octanol–water partition coefficient (Wildman–Crippen LogP) is 3.02. The Hall–Kier alpha value is -2.84. The number of likely N-dealkylation sites (tertiary alicyclic amines) is 1. The van der Waals surface area contributed by atoms with Gasteiger partial charge in [0.25, 0.3) is 5.91 Å². The van der Waals surface area contributed by atoms with E-state index in [0.29, 0.717) is 32.3 Å². The van der Waals surface area contributed by atoms with E-state index >= 15 is 4.39 Å². The normalized spacial score (nSPS) is 19.4. The van der Waals surface area contributed by atoms with Crippen LogP contribution in [0.2, 0.25) is 0 Å². The quantitative estimate of drug-likeness (QED) is 0.703. The number of imidazole rings is 1. The summed E-state index contributed by atoms with van der Waals surface area (Å²) in [5.74, 6) is 0.502. The molecule has 170 valence electrons. The largest absolute Gasteiger partial charge is 0.378 e. The molecule has 2 aliphatic heterocycles. The maximum atomic E-state index is 15.4. The molecule has 0 aliphatic carbocycles. The molecule has 7 nitrogen and oxygen atoms in total. The number of aryl methyl sites for hydroxylation is 2. The van der Waals surface area contributed by atoms with Gasteiger partial charge in [0.2, 0.25) is 0 Å². The first kappa shape index (κ1) is 22.4. The fraction of sp³-hybridized carbons (Fsp3) is 0.458. The molecule has 2 aromatic rings. The first-order valence-electron chi connectivity index (χ1n) is 10.9. The predicted molar refractivity (Wildman–Crippen MR) is 123 cm³/mol. The number of rotatable bonds is 6. The number of hydrogen-bond acceptors (Lipinski definition) is 5. The van der Waals surface area contributed by atoms with Crippen molar-refractivity contribution in [3.8, 4) is 11.3 Å². The topological polar surface area (TPSA) is 71.8 Å². The first-order valence-corrected chi connectivity index (χ1v) is 10.9. The molecule has 8 heteroatoms. The van der Waals surface area contributed by atoms with Gasteiger partial charge in [0, 0.05) is 38.5 Å². The minimum absolute atomic E-state index is 0.161. The van der Waals surface area contributed by atoms with Crippen molar-refractivity contribution < 1.29 is 13.9 Å². The molecule has 32 heavy (non-hydrogen) atoms. The summed E-state index contributed by atoms with van der Waals surface area (Å²) in [6, 6.07) is 6.39. The number of amides is 1. The molecule has 2 aliphatic rings. The molecule has 1 N–H and O–H groups in total. The van der Waals surface area contributed by atoms with E-state index in [1.807, 2.05) is 49.9 Å². The summed E-state index contributed by atoms with van der Waals surface area (Å²) >= 11 is 0. The fourth-order valence-electron chi connectivity index (χ4n) is 4.13. The lowest BCUT2D eigenvalue weighted by Gasteiger charge is -2.42. The number of aromatic nitrogens is 2. The van der Waals surface area contributed by atoms with Crippen LogP contribution in [-0.4, -0.2) is 65.1 Å². The Labute approximate surface area is 188 Å². The highest BCUT2D eigenvalue weighted by Gasteiger charge is 2.44. The van der Waals surface area contributed by atoms with Crippen molar-refractivity contribution in [3.63, 3.8) is 0 Å². The van der Waals surface area contributed by atoms with Crippen LogP contribution in [0.25, 0.3) is 17.3 Å². The van der Waals surface area contributed by atoms with Gasteiger partial charge in [0.05, 0.1) is 31.1 Å². The minimum Gasteiger partial charge on any atom is -0.378 e. The molecule has 1 aromatic heterocycles. The lowest BCUT2D eigenvalue weighted by Crippen LogP contribution is -2.57. The number of ether oxygens (including phenoxy) is 1. The molecule has 0 radical (unpaired) electrons. The molecule has 3 heterocycles. The molecule has 0 bridgehead atoms. The van der Waals surface area contributed by atoms with E-state index < -0.39 is 11.6 Å². The summed E-state index contributed by atoms with van der Waals surface area (Å²) in [4.78, 5) is 23.3. The zero-order chi connectivity index (χ0) is 22.9. The number of aliphatic imine (C=N–C) groups is 1. The molecule has 2 saturated heterocycles. The van der Waals surface area contributed by atoms with Gasteiger partial charge in [-0.1, -0.05) is 12.1 Å². The third-order valence-corrected chi connectivity index (χ3v) is 6.63. The van der Waals surface area contributed by atoms with Gasteiger partial charge in [-0.05, 0) is 43.8 Å². The van der Waals surface area contributed by atoms with Crippen LogP contribution in [0.5, 0.6) is 0 Å². The van der Waals surface area contributed by atoms with Crippen molar-refractivity contribution in [1.29, 1.82) is 0 Å². The Morgan fingerprint density at radius 3 is 2.62 bits per heavy atom. The number of alkyl halides is 1. The molecular weight excluding hydrogens is 409 g/mol. The van der Waals surface area contributed by atoms with Crippen molar-refractivity contribution in [2.24, 2.45) is 12.0 Å². The molecular formula is C24H30FN5O2. The number of hydrogen-bond donors (Lipinski definition) is 1. The van der Waals surface area contributed by atoms with E-state index in [2.05, 4.69) is 26.9 Å². The standard InChI is InChI=1S/C24H30FN5O2/c1-16-5-6-18(21-13-27-17(2)29(21)4)11-19(16)12-22(26-3)28-23(31)24(25)7-9-30(10-8-24)20-14-32-15-20/h5-6,11-13,20H,3,7-10,14-15H2,1-2,4H3,(H,28,31)/b22-12+. The van der Waals surface area contributed by atoms with Crippen LogP contribution < -0.4 is 5.32 Å². The van der Waals surface area contributed by atoms with E-state index in [9.17, 15) is 4.79 Å². The van der Waals surface area contributed by atoms with E-state index in [0.717, 1.165) is 28.2 Å². The number of benzene rings is 1. The summed E-state index contributed by atoms with van der Waals surface area (Å²) in [5, 5.41) is 2.66. The van der Waals surface area contributed by atoms with Crippen LogP contribution in [-0.2, 0) is 16.6 Å². The van der Waals surface area contributed by atoms with Crippen molar-refractivity contribution in [1.82, 2.24) is 19.8 Å². The van der Waals surface area contributed by atoms with E-state index in [-0.39, 0.29) is 18.7 Å². The molecule has 0 spiro atoms. The summed E-state index contributed by atoms with van der Waals surface area (Å²) in [6.45, 7) is 9.96. The number of nitrogens with zero attached hydrogens (tertiary/aromatic N) is 4. The van der Waals surface area contributed by atoms with Crippen LogP contribution in [0.15, 0.2) is 35.2 Å². The summed E-state index contributed by atoms with van der Waals surface area (Å²) in [7, 11) is 1.97. The van der Waals surface area contributed by atoms with Crippen molar-refractivity contribution in [2.75, 3.05) is 26.3 Å². The summed E-state index contributed by atoms with van der Waals surface area (Å²) in [6.07, 6.45) is 3.89. The molecule has 0 atom stereocenters. The molecule has 1 amide bonds. The molecule has 4 rings (SSSR count). The van der Waals surface area contributed by atoms with Gasteiger partial charge >= 0.3 is 0 Å². The van der Waals surface area contributed by atoms with E-state index in [1.165, 1.54) is 0 Å². The highest BCUT2D eigenvalue weighted by molar-refractivity contribution is 5.87. The van der Waals surface area contributed by atoms with Gasteiger partial charge in [0.15, 0.2) is 5.67 Å². The second-order valence-electron chi connectivity index (χ2n) is 8.66.